The molecule has 0 aromatic heterocycles. The lowest BCUT2D eigenvalue weighted by molar-refractivity contribution is -0.138. The largest absolute Gasteiger partial charge is 0.417 e. The van der Waals surface area contributed by atoms with Crippen LogP contribution < -0.4 is 22.9 Å². The first kappa shape index (κ1) is 35.3. The monoisotopic (exact) mass is 670 g/mol. The average molecular weight is 671 g/mol. The van der Waals surface area contributed by atoms with Gasteiger partial charge < -0.3 is 22.9 Å². The maximum Gasteiger partial charge on any atom is 0.417 e. The van der Waals surface area contributed by atoms with Crippen molar-refractivity contribution in [2.75, 3.05) is 11.5 Å². The first-order valence-corrected chi connectivity index (χ1v) is 14.5. The molecule has 0 bridgehead atoms. The van der Waals surface area contributed by atoms with Crippen LogP contribution in [0.15, 0.2) is 117 Å². The first-order valence-electron chi connectivity index (χ1n) is 12.8. The van der Waals surface area contributed by atoms with Gasteiger partial charge in [-0.3, -0.25) is 0 Å². The molecule has 0 fully saturated rings. The van der Waals surface area contributed by atoms with E-state index in [-0.39, 0.29) is 32.3 Å². The zero-order valence-corrected chi connectivity index (χ0v) is 25.2. The third-order valence-electron chi connectivity index (χ3n) is 5.94. The van der Waals surface area contributed by atoms with E-state index < -0.39 is 23.5 Å². The van der Waals surface area contributed by atoms with Crippen molar-refractivity contribution in [1.82, 2.24) is 0 Å². The fourth-order valence-corrected chi connectivity index (χ4v) is 5.39. The van der Waals surface area contributed by atoms with Crippen molar-refractivity contribution < 1.29 is 26.3 Å². The topological polar surface area (TPSA) is 152 Å². The van der Waals surface area contributed by atoms with Crippen molar-refractivity contribution in [2.45, 2.75) is 22.1 Å². The predicted molar refractivity (Wildman–Crippen MR) is 170 cm³/mol. The number of hydrogen-bond acceptors (Lipinski definition) is 8. The molecular formula is C32H24F6N6S2. The van der Waals surface area contributed by atoms with Crippen LogP contribution in [0.1, 0.15) is 22.3 Å². The third kappa shape index (κ3) is 9.41. The molecule has 0 unspecified atom stereocenters. The maximum absolute atomic E-state index is 13.1. The quantitative estimate of drug-likeness (QED) is 0.0690. The summed E-state index contributed by atoms with van der Waals surface area (Å²) in [5, 5.41) is 18.5. The molecule has 0 aliphatic heterocycles. The molecule has 4 rings (SSSR count). The van der Waals surface area contributed by atoms with Crippen LogP contribution in [0.5, 0.6) is 0 Å². The van der Waals surface area contributed by atoms with E-state index >= 15 is 0 Å². The highest BCUT2D eigenvalue weighted by Crippen LogP contribution is 2.39. The minimum Gasteiger partial charge on any atom is -0.399 e. The van der Waals surface area contributed by atoms with Crippen LogP contribution in [-0.2, 0) is 12.4 Å². The van der Waals surface area contributed by atoms with Crippen LogP contribution in [0.3, 0.4) is 0 Å². The van der Waals surface area contributed by atoms with E-state index in [0.29, 0.717) is 21.2 Å². The third-order valence-corrected chi connectivity index (χ3v) is 7.80. The van der Waals surface area contributed by atoms with Crippen molar-refractivity contribution in [1.29, 1.82) is 10.5 Å². The van der Waals surface area contributed by atoms with Crippen LogP contribution in [-0.4, -0.2) is 0 Å². The second-order valence-corrected chi connectivity index (χ2v) is 11.4. The number of nitriles is 2. The van der Waals surface area contributed by atoms with Gasteiger partial charge in [-0.1, -0.05) is 59.9 Å². The molecule has 0 aliphatic rings. The summed E-state index contributed by atoms with van der Waals surface area (Å²) in [4.78, 5) is 1.35. The molecule has 0 heterocycles. The van der Waals surface area contributed by atoms with Crippen molar-refractivity contribution >= 4 is 46.0 Å². The molecule has 4 aromatic carbocycles. The lowest BCUT2D eigenvalue weighted by atomic mass is 10.0. The summed E-state index contributed by atoms with van der Waals surface area (Å²) in [6.45, 7) is 0. The minimum absolute atomic E-state index is 0.00558. The standard InChI is InChI=1S/2C16H12F3N3S/c2*17-16(18,19)14-4-2-1-3-12(14)13(9-20)15(22)23-11-7-5-10(21)6-8-11/h2*1-8H,21-22H2. The van der Waals surface area contributed by atoms with Crippen molar-refractivity contribution in [2.24, 2.45) is 11.5 Å². The van der Waals surface area contributed by atoms with Gasteiger partial charge in [-0.05, 0) is 60.7 Å². The van der Waals surface area contributed by atoms with Crippen molar-refractivity contribution in [3.05, 3.63) is 129 Å². The van der Waals surface area contributed by atoms with Crippen LogP contribution in [0.4, 0.5) is 37.7 Å². The zero-order chi connectivity index (χ0) is 34.1. The Bertz CT molecular complexity index is 1680. The molecule has 4 aromatic rings. The second kappa shape index (κ2) is 15.2. The lowest BCUT2D eigenvalue weighted by Gasteiger charge is -2.13. The fourth-order valence-electron chi connectivity index (χ4n) is 3.82. The molecule has 0 saturated heterocycles. The highest BCUT2D eigenvalue weighted by atomic mass is 32.2. The van der Waals surface area contributed by atoms with Gasteiger partial charge in [0.1, 0.15) is 12.1 Å². The maximum atomic E-state index is 13.1. The lowest BCUT2D eigenvalue weighted by Crippen LogP contribution is -2.10. The molecule has 6 nitrogen and oxygen atoms in total. The Kier molecular flexibility index (Phi) is 11.7. The number of alkyl halides is 6. The van der Waals surface area contributed by atoms with Gasteiger partial charge in [0, 0.05) is 32.3 Å². The number of benzene rings is 4. The molecule has 0 radical (unpaired) electrons. The molecule has 8 N–H and O–H groups in total. The second-order valence-electron chi connectivity index (χ2n) is 9.13. The molecule has 46 heavy (non-hydrogen) atoms. The fraction of sp³-hybridized carbons (Fsp3) is 0.0625. The number of allylic oxidation sites excluding steroid dienone is 2. The molecule has 0 aliphatic carbocycles. The normalized spacial score (nSPS) is 12.4. The summed E-state index contributed by atoms with van der Waals surface area (Å²) >= 11 is 2.02. The van der Waals surface area contributed by atoms with Crippen molar-refractivity contribution in [3.8, 4) is 12.1 Å². The van der Waals surface area contributed by atoms with Crippen LogP contribution in [0, 0.1) is 22.7 Å². The summed E-state index contributed by atoms with van der Waals surface area (Å²) in [6, 6.07) is 26.6. The Morgan fingerprint density at radius 3 is 1.11 bits per heavy atom. The smallest absolute Gasteiger partial charge is 0.399 e. The van der Waals surface area contributed by atoms with Crippen LogP contribution in [0.2, 0.25) is 0 Å². The highest BCUT2D eigenvalue weighted by molar-refractivity contribution is 8.03. The Balaban J connectivity index is 0.000000250. The van der Waals surface area contributed by atoms with Crippen LogP contribution in [0.25, 0.3) is 11.1 Å². The summed E-state index contributed by atoms with van der Waals surface area (Å²) in [6.07, 6.45) is -9.13. The number of nitrogen functional groups attached to an aromatic ring is 2. The van der Waals surface area contributed by atoms with Gasteiger partial charge in [0.25, 0.3) is 0 Å². The van der Waals surface area contributed by atoms with E-state index in [2.05, 4.69) is 0 Å². The van der Waals surface area contributed by atoms with Gasteiger partial charge in [0.05, 0.1) is 32.3 Å². The number of anilines is 2. The number of thioether (sulfide) groups is 2. The molecule has 14 heteroatoms. The summed E-state index contributed by atoms with van der Waals surface area (Å²) in [5.41, 5.74) is 21.3. The predicted octanol–water partition coefficient (Wildman–Crippen LogP) is 8.46. The molecule has 0 amide bonds. The molecule has 0 spiro atoms. The van der Waals surface area contributed by atoms with Gasteiger partial charge in [-0.25, -0.2) is 0 Å². The molecule has 236 valence electrons. The Morgan fingerprint density at radius 2 is 0.826 bits per heavy atom. The first-order chi connectivity index (χ1) is 21.6. The summed E-state index contributed by atoms with van der Waals surface area (Å²) in [7, 11) is 0. The van der Waals surface area contributed by atoms with E-state index in [4.69, 9.17) is 22.9 Å². The van der Waals surface area contributed by atoms with E-state index in [1.54, 1.807) is 60.7 Å². The number of nitrogens with zero attached hydrogens (tertiary/aromatic N) is 2. The van der Waals surface area contributed by atoms with Gasteiger partial charge in [0.15, 0.2) is 0 Å². The molecule has 0 saturated carbocycles. The SMILES string of the molecule is N#CC(=C(N)Sc1ccc(N)cc1)c1ccccc1C(F)(F)F.N#CC(=C(N)Sc1ccc(N)cc1)c1ccccc1C(F)(F)F. The highest BCUT2D eigenvalue weighted by Gasteiger charge is 2.35. The average Bonchev–Trinajstić information content (AvgIpc) is 3.00. The van der Waals surface area contributed by atoms with Gasteiger partial charge >= 0.3 is 12.4 Å². The number of halogens is 6. The van der Waals surface area contributed by atoms with Crippen LogP contribution >= 0.6 is 23.5 Å². The van der Waals surface area contributed by atoms with E-state index in [1.165, 1.54) is 36.4 Å². The Labute approximate surface area is 269 Å². The van der Waals surface area contributed by atoms with Gasteiger partial charge in [0.2, 0.25) is 0 Å². The molecule has 0 atom stereocenters. The van der Waals surface area contributed by atoms with E-state index in [1.807, 2.05) is 0 Å². The minimum atomic E-state index is -4.56. The number of hydrogen-bond donors (Lipinski definition) is 4. The van der Waals surface area contributed by atoms with E-state index in [9.17, 15) is 36.9 Å². The van der Waals surface area contributed by atoms with E-state index in [0.717, 1.165) is 35.7 Å². The summed E-state index contributed by atoms with van der Waals surface area (Å²) in [5.74, 6) is 0. The summed E-state index contributed by atoms with van der Waals surface area (Å²) < 4.78 is 78.5. The number of nitrogens with two attached hydrogens (primary N) is 4. The van der Waals surface area contributed by atoms with Gasteiger partial charge in [-0.2, -0.15) is 36.9 Å². The zero-order valence-electron chi connectivity index (χ0n) is 23.5. The Morgan fingerprint density at radius 1 is 0.522 bits per heavy atom. The molecular weight excluding hydrogens is 647 g/mol. The Hall–Kier alpha value is -5.18. The number of rotatable bonds is 6. The van der Waals surface area contributed by atoms with Crippen molar-refractivity contribution in [3.63, 3.8) is 0 Å². The van der Waals surface area contributed by atoms with Gasteiger partial charge in [-0.15, -0.1) is 0 Å².